The Bertz CT molecular complexity index is 1460. The summed E-state index contributed by atoms with van der Waals surface area (Å²) in [6.45, 7) is 2.05. The first-order valence-electron chi connectivity index (χ1n) is 11.3. The highest BCUT2D eigenvalue weighted by Crippen LogP contribution is 2.25. The van der Waals surface area contributed by atoms with Gasteiger partial charge in [-0.15, -0.1) is 0 Å². The van der Waals surface area contributed by atoms with Crippen LogP contribution in [0.1, 0.15) is 33.8 Å². The van der Waals surface area contributed by atoms with Gasteiger partial charge in [0.25, 0.3) is 0 Å². The molecule has 34 heavy (non-hydrogen) atoms. The van der Waals surface area contributed by atoms with Crippen molar-refractivity contribution in [1.82, 2.24) is 14.4 Å². The SMILES string of the molecule is Cc1cccc(Cc2nc3c(Cc4ccccc4)nc(-c4ccccc4)cn3c2CC(=O)O)c1. The molecule has 0 atom stereocenters. The number of imidazole rings is 1. The molecular formula is C29H25N3O2. The van der Waals surface area contributed by atoms with Crippen LogP contribution in [0.3, 0.4) is 0 Å². The quantitative estimate of drug-likeness (QED) is 0.357. The monoisotopic (exact) mass is 447 g/mol. The predicted octanol–water partition coefficient (Wildman–Crippen LogP) is 5.51. The molecule has 5 nitrogen and oxygen atoms in total. The summed E-state index contributed by atoms with van der Waals surface area (Å²) in [7, 11) is 0. The maximum Gasteiger partial charge on any atom is 0.309 e. The van der Waals surface area contributed by atoms with Gasteiger partial charge in [-0.25, -0.2) is 9.97 Å². The molecular weight excluding hydrogens is 422 g/mol. The zero-order valence-electron chi connectivity index (χ0n) is 19.0. The molecule has 0 aliphatic rings. The number of nitrogens with zero attached hydrogens (tertiary/aromatic N) is 3. The number of aliphatic carboxylic acids is 1. The molecule has 0 amide bonds. The molecule has 0 unspecified atom stereocenters. The molecule has 2 heterocycles. The second-order valence-corrected chi connectivity index (χ2v) is 8.54. The average molecular weight is 448 g/mol. The Morgan fingerprint density at radius 2 is 1.50 bits per heavy atom. The summed E-state index contributed by atoms with van der Waals surface area (Å²) in [6, 6.07) is 28.4. The van der Waals surface area contributed by atoms with Gasteiger partial charge in [0.15, 0.2) is 5.65 Å². The smallest absolute Gasteiger partial charge is 0.309 e. The van der Waals surface area contributed by atoms with Crippen LogP contribution in [-0.4, -0.2) is 25.4 Å². The minimum absolute atomic E-state index is 0.106. The Hall–Kier alpha value is -4.25. The number of carboxylic acid groups (broad SMARTS) is 1. The lowest BCUT2D eigenvalue weighted by molar-refractivity contribution is -0.136. The highest BCUT2D eigenvalue weighted by molar-refractivity contribution is 5.71. The van der Waals surface area contributed by atoms with Gasteiger partial charge in [-0.1, -0.05) is 90.5 Å². The van der Waals surface area contributed by atoms with Crippen molar-refractivity contribution in [3.8, 4) is 11.3 Å². The molecule has 0 saturated carbocycles. The van der Waals surface area contributed by atoms with Gasteiger partial charge in [-0.05, 0) is 18.1 Å². The number of hydrogen-bond donors (Lipinski definition) is 1. The fourth-order valence-corrected chi connectivity index (χ4v) is 4.35. The zero-order chi connectivity index (χ0) is 23.5. The van der Waals surface area contributed by atoms with Gasteiger partial charge in [-0.2, -0.15) is 0 Å². The number of benzene rings is 3. The lowest BCUT2D eigenvalue weighted by Crippen LogP contribution is -2.08. The van der Waals surface area contributed by atoms with E-state index in [0.29, 0.717) is 24.2 Å². The Labute approximate surface area is 198 Å². The van der Waals surface area contributed by atoms with Crippen molar-refractivity contribution in [2.75, 3.05) is 0 Å². The molecule has 0 aliphatic heterocycles. The van der Waals surface area contributed by atoms with E-state index in [0.717, 1.165) is 33.8 Å². The normalized spacial score (nSPS) is 11.1. The van der Waals surface area contributed by atoms with Crippen LogP contribution in [0, 0.1) is 6.92 Å². The molecule has 168 valence electrons. The molecule has 5 heteroatoms. The summed E-state index contributed by atoms with van der Waals surface area (Å²) >= 11 is 0. The van der Waals surface area contributed by atoms with Crippen molar-refractivity contribution >= 4 is 11.6 Å². The minimum atomic E-state index is -0.880. The molecule has 5 rings (SSSR count). The molecule has 0 saturated heterocycles. The summed E-state index contributed by atoms with van der Waals surface area (Å²) in [5, 5.41) is 9.71. The minimum Gasteiger partial charge on any atom is -0.481 e. The first-order chi connectivity index (χ1) is 16.6. The lowest BCUT2D eigenvalue weighted by atomic mass is 10.1. The summed E-state index contributed by atoms with van der Waals surface area (Å²) in [4.78, 5) is 21.8. The lowest BCUT2D eigenvalue weighted by Gasteiger charge is -2.10. The summed E-state index contributed by atoms with van der Waals surface area (Å²) < 4.78 is 1.94. The van der Waals surface area contributed by atoms with E-state index in [1.165, 1.54) is 5.56 Å². The molecule has 1 N–H and O–H groups in total. The number of carbonyl (C=O) groups is 1. The molecule has 0 aliphatic carbocycles. The van der Waals surface area contributed by atoms with Crippen LogP contribution >= 0.6 is 0 Å². The van der Waals surface area contributed by atoms with Gasteiger partial charge >= 0.3 is 5.97 Å². The van der Waals surface area contributed by atoms with E-state index in [1.807, 2.05) is 65.2 Å². The van der Waals surface area contributed by atoms with Crippen molar-refractivity contribution in [2.24, 2.45) is 0 Å². The predicted molar refractivity (Wildman–Crippen MR) is 133 cm³/mol. The van der Waals surface area contributed by atoms with Crippen molar-refractivity contribution in [3.63, 3.8) is 0 Å². The highest BCUT2D eigenvalue weighted by atomic mass is 16.4. The summed E-state index contributed by atoms with van der Waals surface area (Å²) in [5.41, 5.74) is 8.18. The van der Waals surface area contributed by atoms with Gasteiger partial charge in [0.2, 0.25) is 0 Å². The highest BCUT2D eigenvalue weighted by Gasteiger charge is 2.20. The summed E-state index contributed by atoms with van der Waals surface area (Å²) in [5.74, 6) is -0.880. The van der Waals surface area contributed by atoms with Crippen LogP contribution in [0.5, 0.6) is 0 Å². The Kier molecular flexibility index (Phi) is 5.91. The van der Waals surface area contributed by atoms with E-state index < -0.39 is 5.97 Å². The molecule has 0 fully saturated rings. The largest absolute Gasteiger partial charge is 0.481 e. The van der Waals surface area contributed by atoms with E-state index in [4.69, 9.17) is 9.97 Å². The maximum absolute atomic E-state index is 11.8. The number of carboxylic acids is 1. The fourth-order valence-electron chi connectivity index (χ4n) is 4.35. The molecule has 0 spiro atoms. The first kappa shape index (κ1) is 21.6. The zero-order valence-corrected chi connectivity index (χ0v) is 19.0. The van der Waals surface area contributed by atoms with Crippen molar-refractivity contribution in [3.05, 3.63) is 125 Å². The van der Waals surface area contributed by atoms with Crippen LogP contribution in [0.15, 0.2) is 91.1 Å². The van der Waals surface area contributed by atoms with E-state index in [9.17, 15) is 9.90 Å². The Morgan fingerprint density at radius 1 is 0.824 bits per heavy atom. The average Bonchev–Trinajstić information content (AvgIpc) is 3.17. The Balaban J connectivity index is 1.71. The van der Waals surface area contributed by atoms with Gasteiger partial charge in [-0.3, -0.25) is 9.20 Å². The van der Waals surface area contributed by atoms with Crippen molar-refractivity contribution < 1.29 is 9.90 Å². The topological polar surface area (TPSA) is 67.5 Å². The van der Waals surface area contributed by atoms with Gasteiger partial charge in [0.05, 0.1) is 29.2 Å². The number of fused-ring (bicyclic) bond motifs is 1. The molecule has 0 bridgehead atoms. The van der Waals surface area contributed by atoms with Gasteiger partial charge in [0.1, 0.15) is 0 Å². The van der Waals surface area contributed by atoms with Crippen LogP contribution in [0.25, 0.3) is 16.9 Å². The molecule has 5 aromatic rings. The molecule has 2 aromatic heterocycles. The first-order valence-corrected chi connectivity index (χ1v) is 11.3. The van der Waals surface area contributed by atoms with Gasteiger partial charge < -0.3 is 5.11 Å². The second kappa shape index (κ2) is 9.32. The van der Waals surface area contributed by atoms with E-state index in [1.54, 1.807) is 0 Å². The standard InChI is InChI=1S/C29H25N3O2/c1-20-9-8-12-22(15-20)17-24-27(18-28(33)34)32-19-26(23-13-6-3-7-14-23)30-25(29(32)31-24)16-21-10-4-2-5-11-21/h2-15,19H,16-18H2,1H3,(H,33,34). The number of aryl methyl sites for hydroxylation is 1. The summed E-state index contributed by atoms with van der Waals surface area (Å²) in [6.07, 6.45) is 2.99. The fraction of sp³-hybridized carbons (Fsp3) is 0.138. The molecule has 3 aromatic carbocycles. The van der Waals surface area contributed by atoms with Gasteiger partial charge in [0, 0.05) is 24.6 Å². The third-order valence-corrected chi connectivity index (χ3v) is 5.91. The number of aromatic nitrogens is 3. The van der Waals surface area contributed by atoms with E-state index in [-0.39, 0.29) is 6.42 Å². The van der Waals surface area contributed by atoms with Crippen LogP contribution in [-0.2, 0) is 24.1 Å². The van der Waals surface area contributed by atoms with Crippen LogP contribution < -0.4 is 0 Å². The van der Waals surface area contributed by atoms with E-state index in [2.05, 4.69) is 37.3 Å². The number of rotatable bonds is 7. The van der Waals surface area contributed by atoms with Crippen LogP contribution in [0.4, 0.5) is 0 Å². The van der Waals surface area contributed by atoms with E-state index >= 15 is 0 Å². The third kappa shape index (κ3) is 4.59. The second-order valence-electron chi connectivity index (χ2n) is 8.54. The molecule has 0 radical (unpaired) electrons. The third-order valence-electron chi connectivity index (χ3n) is 5.91. The van der Waals surface area contributed by atoms with Crippen molar-refractivity contribution in [1.29, 1.82) is 0 Å². The van der Waals surface area contributed by atoms with Crippen molar-refractivity contribution in [2.45, 2.75) is 26.2 Å². The Morgan fingerprint density at radius 3 is 2.21 bits per heavy atom. The maximum atomic E-state index is 11.8. The van der Waals surface area contributed by atoms with Crippen LogP contribution in [0.2, 0.25) is 0 Å². The number of hydrogen-bond acceptors (Lipinski definition) is 3.